The van der Waals surface area contributed by atoms with Crippen molar-refractivity contribution >= 4 is 22.9 Å². The fourth-order valence-electron chi connectivity index (χ4n) is 0.973. The molecule has 0 bridgehead atoms. The van der Waals surface area contributed by atoms with Crippen molar-refractivity contribution in [2.24, 2.45) is 0 Å². The molecule has 1 heterocycles. The molecule has 3 nitrogen and oxygen atoms in total. The van der Waals surface area contributed by atoms with Crippen LogP contribution in [0.1, 0.15) is 5.82 Å². The topological polar surface area (TPSA) is 34.9 Å². The van der Waals surface area contributed by atoms with E-state index in [-0.39, 0.29) is 61.7 Å². The fourth-order valence-corrected chi connectivity index (χ4v) is 1.29. The largest absolute Gasteiger partial charge is 1.00 e. The van der Waals surface area contributed by atoms with Gasteiger partial charge in [0.2, 0.25) is 0 Å². The molecule has 0 aromatic carbocycles. The molecule has 9 heteroatoms. The van der Waals surface area contributed by atoms with Crippen molar-refractivity contribution in [2.45, 2.75) is 13.4 Å². The maximum absolute atomic E-state index is 12.1. The van der Waals surface area contributed by atoms with E-state index in [9.17, 15) is 17.7 Å². The zero-order valence-corrected chi connectivity index (χ0v) is 12.9. The molecule has 0 unspecified atom stereocenters. The summed E-state index contributed by atoms with van der Waals surface area (Å²) in [5.41, 5.74) is -0.711. The second-order valence-electron chi connectivity index (χ2n) is 2.78. The van der Waals surface area contributed by atoms with Crippen molar-refractivity contribution in [1.29, 1.82) is 0 Å². The molecule has 0 aliphatic rings. The van der Waals surface area contributed by atoms with Crippen LogP contribution in [0, 0.1) is 6.92 Å². The van der Waals surface area contributed by atoms with E-state index in [1.165, 1.54) is 13.1 Å². The summed E-state index contributed by atoms with van der Waals surface area (Å²) in [7, 11) is 0. The van der Waals surface area contributed by atoms with Crippen LogP contribution < -0.4 is 56.9 Å². The Morgan fingerprint density at radius 3 is 2.53 bits per heavy atom. The standard InChI is InChI=1S/C6H6BBrF3N2O.K/c1-4-12-2-5(8)6(14)13(4)3-7(9,10)11;/h2H,3H2,1H3;/q-1;+1. The van der Waals surface area contributed by atoms with Gasteiger partial charge >= 0.3 is 58.4 Å². The van der Waals surface area contributed by atoms with E-state index in [4.69, 9.17) is 0 Å². The summed E-state index contributed by atoms with van der Waals surface area (Å²) >= 11 is 2.83. The summed E-state index contributed by atoms with van der Waals surface area (Å²) in [6.45, 7) is -3.68. The summed E-state index contributed by atoms with van der Waals surface area (Å²) < 4.78 is 36.9. The van der Waals surface area contributed by atoms with Crippen LogP contribution in [0.3, 0.4) is 0 Å². The minimum absolute atomic E-state index is 0. The van der Waals surface area contributed by atoms with E-state index in [0.29, 0.717) is 4.57 Å². The van der Waals surface area contributed by atoms with Crippen LogP contribution in [0.5, 0.6) is 0 Å². The van der Waals surface area contributed by atoms with Crippen molar-refractivity contribution < 1.29 is 64.3 Å². The van der Waals surface area contributed by atoms with Crippen molar-refractivity contribution in [3.8, 4) is 0 Å². The van der Waals surface area contributed by atoms with Gasteiger partial charge in [-0.15, -0.1) is 0 Å². The monoisotopic (exact) mass is 308 g/mol. The van der Waals surface area contributed by atoms with Crippen molar-refractivity contribution in [1.82, 2.24) is 9.55 Å². The van der Waals surface area contributed by atoms with Gasteiger partial charge in [0.25, 0.3) is 5.56 Å². The van der Waals surface area contributed by atoms with Gasteiger partial charge in [0, 0.05) is 6.20 Å². The van der Waals surface area contributed by atoms with Gasteiger partial charge in [-0.1, -0.05) is 0 Å². The van der Waals surface area contributed by atoms with Gasteiger partial charge in [-0.25, -0.2) is 4.98 Å². The molecule has 78 valence electrons. The summed E-state index contributed by atoms with van der Waals surface area (Å²) in [5, 5.41) is 0. The average Bonchev–Trinajstić information content (AvgIpc) is 2.04. The predicted molar refractivity (Wildman–Crippen MR) is 50.0 cm³/mol. The number of hydrogen-bond acceptors (Lipinski definition) is 2. The molecule has 1 rings (SSSR count). The molecule has 1 aromatic rings. The number of halogens is 4. The van der Waals surface area contributed by atoms with Gasteiger partial charge in [0.05, 0.1) is 0 Å². The van der Waals surface area contributed by atoms with E-state index in [2.05, 4.69) is 20.9 Å². The van der Waals surface area contributed by atoms with Gasteiger partial charge in [0.1, 0.15) is 10.3 Å². The van der Waals surface area contributed by atoms with Crippen LogP contribution in [0.2, 0.25) is 0 Å². The van der Waals surface area contributed by atoms with Gasteiger partial charge < -0.3 is 17.5 Å². The minimum atomic E-state index is -5.03. The molecule has 0 saturated carbocycles. The first-order chi connectivity index (χ1) is 6.31. The Hall–Kier alpha value is 0.851. The third-order valence-electron chi connectivity index (χ3n) is 1.59. The normalized spacial score (nSPS) is 11.0. The summed E-state index contributed by atoms with van der Waals surface area (Å²) in [4.78, 5) is 14.9. The maximum Gasteiger partial charge on any atom is 1.00 e. The Kier molecular flexibility index (Phi) is 6.31. The molecule has 15 heavy (non-hydrogen) atoms. The third-order valence-corrected chi connectivity index (χ3v) is 2.14. The second-order valence-corrected chi connectivity index (χ2v) is 3.63. The van der Waals surface area contributed by atoms with E-state index < -0.39 is 19.0 Å². The van der Waals surface area contributed by atoms with Crippen LogP contribution >= 0.6 is 15.9 Å². The number of aryl methyl sites for hydroxylation is 1. The first-order valence-corrected chi connectivity index (χ1v) is 4.53. The molecule has 0 fully saturated rings. The Bertz CT molecular complexity index is 408. The van der Waals surface area contributed by atoms with Crippen LogP contribution in [0.25, 0.3) is 0 Å². The van der Waals surface area contributed by atoms with Gasteiger partial charge in [-0.3, -0.25) is 4.79 Å². The molecule has 0 N–H and O–H groups in total. The molecule has 0 aliphatic carbocycles. The molecule has 0 radical (unpaired) electrons. The Balaban J connectivity index is 0.00000196. The smallest absolute Gasteiger partial charge is 0.448 e. The van der Waals surface area contributed by atoms with Crippen LogP contribution in [-0.4, -0.2) is 16.5 Å². The molecule has 0 saturated heterocycles. The number of hydrogen-bond donors (Lipinski definition) is 0. The Labute approximate surface area is 135 Å². The minimum Gasteiger partial charge on any atom is -0.448 e. The Morgan fingerprint density at radius 2 is 2.07 bits per heavy atom. The van der Waals surface area contributed by atoms with Crippen molar-refractivity contribution in [2.75, 3.05) is 0 Å². The van der Waals surface area contributed by atoms with Gasteiger partial charge in [-0.2, -0.15) is 0 Å². The number of aromatic nitrogens is 2. The second kappa shape index (κ2) is 5.97. The molecular weight excluding hydrogens is 303 g/mol. The van der Waals surface area contributed by atoms with E-state index >= 15 is 0 Å². The molecule has 0 amide bonds. The molecule has 0 atom stereocenters. The first kappa shape index (κ1) is 15.9. The van der Waals surface area contributed by atoms with Crippen molar-refractivity contribution in [3.05, 3.63) is 26.8 Å². The molecule has 0 spiro atoms. The Morgan fingerprint density at radius 1 is 1.53 bits per heavy atom. The van der Waals surface area contributed by atoms with Gasteiger partial charge in [0.15, 0.2) is 0 Å². The predicted octanol–water partition coefficient (Wildman–Crippen LogP) is -1.30. The van der Waals surface area contributed by atoms with Crippen LogP contribution in [0.15, 0.2) is 15.5 Å². The zero-order valence-electron chi connectivity index (χ0n) is 8.18. The SMILES string of the molecule is Cc1ncc(Br)c(=O)n1C[B-](F)(F)F.[K+]. The summed E-state index contributed by atoms with van der Waals surface area (Å²) in [6, 6.07) is 0. The fraction of sp³-hybridized carbons (Fsp3) is 0.333. The summed E-state index contributed by atoms with van der Waals surface area (Å²) in [5.74, 6) is 0.0531. The maximum atomic E-state index is 12.1. The van der Waals surface area contributed by atoms with E-state index in [0.717, 1.165) is 0 Å². The molecule has 1 aromatic heterocycles. The van der Waals surface area contributed by atoms with Gasteiger partial charge in [-0.05, 0) is 29.3 Å². The van der Waals surface area contributed by atoms with E-state index in [1.807, 2.05) is 0 Å². The van der Waals surface area contributed by atoms with Crippen LogP contribution in [0.4, 0.5) is 12.9 Å². The molecule has 0 aliphatic heterocycles. The zero-order chi connectivity index (χ0) is 10.9. The van der Waals surface area contributed by atoms with E-state index in [1.54, 1.807) is 0 Å². The van der Waals surface area contributed by atoms with Crippen LogP contribution in [-0.2, 0) is 6.44 Å². The number of nitrogens with zero attached hydrogens (tertiary/aromatic N) is 2. The number of rotatable bonds is 2. The van der Waals surface area contributed by atoms with Crippen molar-refractivity contribution in [3.63, 3.8) is 0 Å². The average molecular weight is 309 g/mol. The third kappa shape index (κ3) is 4.70. The molecular formula is C6H6BBrF3KN2O. The first-order valence-electron chi connectivity index (χ1n) is 3.74. The summed E-state index contributed by atoms with van der Waals surface area (Å²) in [6.07, 6.45) is -0.0609. The quantitative estimate of drug-likeness (QED) is 0.637.